The van der Waals surface area contributed by atoms with Gasteiger partial charge in [-0.15, -0.1) is 0 Å². The van der Waals surface area contributed by atoms with Crippen LogP contribution in [0, 0.1) is 0 Å². The molecule has 13 heavy (non-hydrogen) atoms. The third-order valence-electron chi connectivity index (χ3n) is 2.58. The highest BCUT2D eigenvalue weighted by Gasteiger charge is 2.34. The summed E-state index contributed by atoms with van der Waals surface area (Å²) < 4.78 is 5.23. The van der Waals surface area contributed by atoms with Crippen molar-refractivity contribution >= 4 is 5.91 Å². The molecule has 0 radical (unpaired) electrons. The average molecular weight is 186 g/mol. The maximum Gasteiger partial charge on any atom is 0.239 e. The molecule has 1 fully saturated rings. The number of amides is 1. The highest BCUT2D eigenvalue weighted by Crippen LogP contribution is 2.15. The summed E-state index contributed by atoms with van der Waals surface area (Å²) >= 11 is 0. The Morgan fingerprint density at radius 2 is 1.92 bits per heavy atom. The molecule has 1 aliphatic heterocycles. The van der Waals surface area contributed by atoms with E-state index in [-0.39, 0.29) is 5.91 Å². The maximum absolute atomic E-state index is 11.5. The second-order valence-electron chi connectivity index (χ2n) is 3.74. The zero-order chi connectivity index (χ0) is 9.90. The number of rotatable bonds is 2. The van der Waals surface area contributed by atoms with Gasteiger partial charge in [-0.05, 0) is 13.8 Å². The minimum atomic E-state index is -0.418. The molecule has 0 unspecified atom stereocenters. The average Bonchev–Trinajstić information content (AvgIpc) is 2.18. The number of hydrogen-bond donors (Lipinski definition) is 1. The first kappa shape index (κ1) is 10.5. The number of ether oxygens (including phenoxy) is 1. The van der Waals surface area contributed by atoms with Crippen LogP contribution in [0.4, 0.5) is 0 Å². The van der Waals surface area contributed by atoms with Gasteiger partial charge < -0.3 is 10.1 Å². The van der Waals surface area contributed by atoms with E-state index in [1.165, 1.54) is 0 Å². The van der Waals surface area contributed by atoms with E-state index in [1.807, 2.05) is 13.8 Å². The normalized spacial score (nSPS) is 19.9. The van der Waals surface area contributed by atoms with Crippen LogP contribution in [-0.2, 0) is 9.53 Å². The summed E-state index contributed by atoms with van der Waals surface area (Å²) in [4.78, 5) is 13.7. The number of nitrogens with zero attached hydrogens (tertiary/aromatic N) is 1. The summed E-state index contributed by atoms with van der Waals surface area (Å²) in [5.74, 6) is 0.0643. The highest BCUT2D eigenvalue weighted by molar-refractivity contribution is 5.85. The van der Waals surface area contributed by atoms with E-state index in [9.17, 15) is 4.79 Å². The lowest BCUT2D eigenvalue weighted by Gasteiger charge is -2.39. The van der Waals surface area contributed by atoms with Crippen molar-refractivity contribution in [2.75, 3.05) is 33.4 Å². The van der Waals surface area contributed by atoms with Gasteiger partial charge in [0.1, 0.15) is 0 Å². The topological polar surface area (TPSA) is 41.6 Å². The van der Waals surface area contributed by atoms with Crippen molar-refractivity contribution in [2.45, 2.75) is 19.4 Å². The van der Waals surface area contributed by atoms with Crippen LogP contribution < -0.4 is 5.32 Å². The van der Waals surface area contributed by atoms with Crippen molar-refractivity contribution < 1.29 is 9.53 Å². The lowest BCUT2D eigenvalue weighted by molar-refractivity contribution is -0.134. The molecule has 0 saturated carbocycles. The number of morpholine rings is 1. The van der Waals surface area contributed by atoms with Crippen LogP contribution in [0.3, 0.4) is 0 Å². The molecule has 1 amide bonds. The first-order valence-corrected chi connectivity index (χ1v) is 4.64. The minimum Gasteiger partial charge on any atom is -0.379 e. The van der Waals surface area contributed by atoms with Crippen molar-refractivity contribution in [1.29, 1.82) is 0 Å². The monoisotopic (exact) mass is 186 g/mol. The zero-order valence-corrected chi connectivity index (χ0v) is 8.59. The number of nitrogens with one attached hydrogen (secondary N) is 1. The number of carbonyl (C=O) groups excluding carboxylic acids is 1. The molecule has 0 atom stereocenters. The number of carbonyl (C=O) groups is 1. The van der Waals surface area contributed by atoms with Crippen molar-refractivity contribution in [2.24, 2.45) is 0 Å². The Kier molecular flexibility index (Phi) is 3.27. The van der Waals surface area contributed by atoms with Crippen LogP contribution in [-0.4, -0.2) is 49.7 Å². The Balaban J connectivity index is 2.60. The molecule has 1 saturated heterocycles. The first-order chi connectivity index (χ1) is 6.09. The van der Waals surface area contributed by atoms with Gasteiger partial charge in [-0.2, -0.15) is 0 Å². The van der Waals surface area contributed by atoms with E-state index < -0.39 is 5.54 Å². The predicted octanol–water partition coefficient (Wildman–Crippen LogP) is -0.157. The standard InChI is InChI=1S/C9H18N2O2/c1-9(2,8(12)10-3)11-4-6-13-7-5-11/h4-7H2,1-3H3,(H,10,12). The molecular formula is C9H18N2O2. The summed E-state index contributed by atoms with van der Waals surface area (Å²) in [5.41, 5.74) is -0.418. The maximum atomic E-state index is 11.5. The molecule has 1 rings (SSSR count). The van der Waals surface area contributed by atoms with E-state index in [0.29, 0.717) is 0 Å². The van der Waals surface area contributed by atoms with Gasteiger partial charge in [0.2, 0.25) is 5.91 Å². The highest BCUT2D eigenvalue weighted by atomic mass is 16.5. The smallest absolute Gasteiger partial charge is 0.239 e. The van der Waals surface area contributed by atoms with E-state index in [1.54, 1.807) is 7.05 Å². The molecule has 1 aliphatic rings. The SMILES string of the molecule is CNC(=O)C(C)(C)N1CCOCC1. The van der Waals surface area contributed by atoms with Crippen LogP contribution in [0.5, 0.6) is 0 Å². The van der Waals surface area contributed by atoms with Gasteiger partial charge in [-0.1, -0.05) is 0 Å². The molecule has 1 heterocycles. The van der Waals surface area contributed by atoms with E-state index in [2.05, 4.69) is 10.2 Å². The lowest BCUT2D eigenvalue weighted by atomic mass is 10.0. The van der Waals surface area contributed by atoms with Crippen LogP contribution in [0.25, 0.3) is 0 Å². The van der Waals surface area contributed by atoms with E-state index in [4.69, 9.17) is 4.74 Å². The molecule has 0 spiro atoms. The summed E-state index contributed by atoms with van der Waals surface area (Å²) in [6.45, 7) is 7.00. The fraction of sp³-hybridized carbons (Fsp3) is 0.889. The van der Waals surface area contributed by atoms with E-state index in [0.717, 1.165) is 26.3 Å². The van der Waals surface area contributed by atoms with Crippen molar-refractivity contribution in [3.8, 4) is 0 Å². The molecule has 0 aliphatic carbocycles. The molecule has 0 aromatic carbocycles. The predicted molar refractivity (Wildman–Crippen MR) is 50.5 cm³/mol. The Hall–Kier alpha value is -0.610. The fourth-order valence-electron chi connectivity index (χ4n) is 1.57. The first-order valence-electron chi connectivity index (χ1n) is 4.64. The summed E-state index contributed by atoms with van der Waals surface area (Å²) in [5, 5.41) is 2.68. The Bertz CT molecular complexity index is 186. The van der Waals surface area contributed by atoms with Crippen molar-refractivity contribution in [3.63, 3.8) is 0 Å². The van der Waals surface area contributed by atoms with Crippen LogP contribution in [0.2, 0.25) is 0 Å². The lowest BCUT2D eigenvalue weighted by Crippen LogP contribution is -2.57. The summed E-state index contributed by atoms with van der Waals surface area (Å²) in [6.07, 6.45) is 0. The van der Waals surface area contributed by atoms with Gasteiger partial charge in [0.15, 0.2) is 0 Å². The largest absolute Gasteiger partial charge is 0.379 e. The Morgan fingerprint density at radius 3 is 2.38 bits per heavy atom. The Morgan fingerprint density at radius 1 is 1.38 bits per heavy atom. The van der Waals surface area contributed by atoms with Crippen molar-refractivity contribution in [3.05, 3.63) is 0 Å². The second-order valence-corrected chi connectivity index (χ2v) is 3.74. The van der Waals surface area contributed by atoms with Crippen molar-refractivity contribution in [1.82, 2.24) is 10.2 Å². The fourth-order valence-corrected chi connectivity index (χ4v) is 1.57. The second kappa shape index (κ2) is 4.07. The van der Waals surface area contributed by atoms with E-state index >= 15 is 0 Å². The van der Waals surface area contributed by atoms with Gasteiger partial charge in [-0.3, -0.25) is 9.69 Å². The molecule has 0 aromatic heterocycles. The van der Waals surface area contributed by atoms with Gasteiger partial charge >= 0.3 is 0 Å². The molecule has 0 aromatic rings. The number of hydrogen-bond acceptors (Lipinski definition) is 3. The molecule has 4 nitrogen and oxygen atoms in total. The van der Waals surface area contributed by atoms with Crippen LogP contribution in [0.1, 0.15) is 13.8 Å². The summed E-state index contributed by atoms with van der Waals surface area (Å²) in [7, 11) is 1.67. The molecule has 76 valence electrons. The third-order valence-corrected chi connectivity index (χ3v) is 2.58. The molecular weight excluding hydrogens is 168 g/mol. The van der Waals surface area contributed by atoms with Crippen LogP contribution in [0.15, 0.2) is 0 Å². The van der Waals surface area contributed by atoms with Gasteiger partial charge in [0.25, 0.3) is 0 Å². The number of likely N-dealkylation sites (N-methyl/N-ethyl adjacent to an activating group) is 1. The molecule has 4 heteroatoms. The van der Waals surface area contributed by atoms with Gasteiger partial charge in [0, 0.05) is 20.1 Å². The Labute approximate surface area is 79.2 Å². The molecule has 0 bridgehead atoms. The van der Waals surface area contributed by atoms with Gasteiger partial charge in [-0.25, -0.2) is 0 Å². The third kappa shape index (κ3) is 2.19. The summed E-state index contributed by atoms with van der Waals surface area (Å²) in [6, 6.07) is 0. The van der Waals surface area contributed by atoms with Crippen LogP contribution >= 0.6 is 0 Å². The molecule has 1 N–H and O–H groups in total. The minimum absolute atomic E-state index is 0.0643. The zero-order valence-electron chi connectivity index (χ0n) is 8.59. The van der Waals surface area contributed by atoms with Gasteiger partial charge in [0.05, 0.1) is 18.8 Å². The quantitative estimate of drug-likeness (QED) is 0.651.